The molecule has 5 rings (SSSR count). The summed E-state index contributed by atoms with van der Waals surface area (Å²) in [4.78, 5) is 16.0. The van der Waals surface area contributed by atoms with Gasteiger partial charge in [-0.1, -0.05) is 49.7 Å². The second-order valence-electron chi connectivity index (χ2n) is 9.33. The molecule has 2 N–H and O–H groups in total. The molecule has 1 saturated heterocycles. The van der Waals surface area contributed by atoms with Crippen molar-refractivity contribution in [1.29, 1.82) is 0 Å². The van der Waals surface area contributed by atoms with E-state index in [9.17, 15) is 0 Å². The van der Waals surface area contributed by atoms with E-state index in [1.807, 2.05) is 4.57 Å². The molecule has 2 aromatic heterocycles. The van der Waals surface area contributed by atoms with E-state index in [0.717, 1.165) is 24.9 Å². The number of benzene rings is 2. The standard InChI is InChI=1S/C28H34N6O2/c1-3-4-15-36-27-31-25(29)24-26(32-27)34(28(30-24)35-2)19-21-10-8-12-23(17-21)22-11-7-9-20(16-22)18-33-13-5-6-14-33/h7-12,16-17H,3-6,13-15,18-19H2,1-2H3,(H2,29,31,32). The van der Waals surface area contributed by atoms with E-state index in [4.69, 9.17) is 15.2 Å². The van der Waals surface area contributed by atoms with Crippen molar-refractivity contribution >= 4 is 17.0 Å². The molecule has 0 atom stereocenters. The average molecular weight is 487 g/mol. The number of nitrogens with zero attached hydrogens (tertiary/aromatic N) is 5. The molecule has 8 heteroatoms. The Morgan fingerprint density at radius 3 is 2.28 bits per heavy atom. The van der Waals surface area contributed by atoms with Gasteiger partial charge in [0.2, 0.25) is 0 Å². The lowest BCUT2D eigenvalue weighted by Crippen LogP contribution is -2.18. The van der Waals surface area contributed by atoms with Crippen molar-refractivity contribution in [2.24, 2.45) is 0 Å². The Bertz CT molecular complexity index is 1330. The molecular weight excluding hydrogens is 452 g/mol. The molecular formula is C28H34N6O2. The number of aromatic nitrogens is 4. The first kappa shape index (κ1) is 24.1. The topological polar surface area (TPSA) is 91.3 Å². The summed E-state index contributed by atoms with van der Waals surface area (Å²) in [5, 5.41) is 0. The highest BCUT2D eigenvalue weighted by Gasteiger charge is 2.18. The molecule has 36 heavy (non-hydrogen) atoms. The molecule has 8 nitrogen and oxygen atoms in total. The maximum atomic E-state index is 6.20. The number of anilines is 1. The molecule has 0 saturated carbocycles. The maximum Gasteiger partial charge on any atom is 0.320 e. The molecule has 0 unspecified atom stereocenters. The number of methoxy groups -OCH3 is 1. The molecule has 0 radical (unpaired) electrons. The number of ether oxygens (including phenoxy) is 2. The van der Waals surface area contributed by atoms with E-state index in [-0.39, 0.29) is 11.8 Å². The monoisotopic (exact) mass is 486 g/mol. The highest BCUT2D eigenvalue weighted by atomic mass is 16.5. The Morgan fingerprint density at radius 1 is 0.917 bits per heavy atom. The van der Waals surface area contributed by atoms with Gasteiger partial charge in [-0.25, -0.2) is 0 Å². The SMILES string of the molecule is CCCCOc1nc(N)c2nc(OC)n(Cc3cccc(-c4cccc(CN5CCCC5)c4)c3)c2n1. The highest BCUT2D eigenvalue weighted by Crippen LogP contribution is 2.28. The number of fused-ring (bicyclic) bond motifs is 1. The minimum atomic E-state index is 0.265. The van der Waals surface area contributed by atoms with Crippen LogP contribution in [-0.2, 0) is 13.1 Å². The number of unbranched alkanes of at least 4 members (excludes halogenated alkanes) is 1. The van der Waals surface area contributed by atoms with Gasteiger partial charge in [0, 0.05) is 6.54 Å². The van der Waals surface area contributed by atoms with Crippen molar-refractivity contribution in [3.05, 3.63) is 59.7 Å². The zero-order valence-electron chi connectivity index (χ0n) is 21.1. The summed E-state index contributed by atoms with van der Waals surface area (Å²) in [6.45, 7) is 6.59. The molecule has 3 heterocycles. The first-order chi connectivity index (χ1) is 17.6. The number of nitrogens with two attached hydrogens (primary N) is 1. The van der Waals surface area contributed by atoms with Crippen LogP contribution in [0.1, 0.15) is 43.7 Å². The number of likely N-dealkylation sites (tertiary alicyclic amines) is 1. The number of hydrogen-bond acceptors (Lipinski definition) is 7. The van der Waals surface area contributed by atoms with Crippen LogP contribution in [-0.4, -0.2) is 51.2 Å². The normalized spacial score (nSPS) is 13.9. The van der Waals surface area contributed by atoms with E-state index >= 15 is 0 Å². The molecule has 1 aliphatic rings. The summed E-state index contributed by atoms with van der Waals surface area (Å²) in [5.74, 6) is 0.284. The fourth-order valence-corrected chi connectivity index (χ4v) is 4.73. The second kappa shape index (κ2) is 11.0. The minimum Gasteiger partial charge on any atom is -0.468 e. The lowest BCUT2D eigenvalue weighted by atomic mass is 10.0. The fourth-order valence-electron chi connectivity index (χ4n) is 4.73. The van der Waals surface area contributed by atoms with E-state index in [2.05, 4.69) is 75.3 Å². The van der Waals surface area contributed by atoms with Crippen molar-refractivity contribution in [1.82, 2.24) is 24.4 Å². The first-order valence-corrected chi connectivity index (χ1v) is 12.8. The summed E-state index contributed by atoms with van der Waals surface area (Å²) in [6.07, 6.45) is 4.56. The van der Waals surface area contributed by atoms with Gasteiger partial charge in [0.05, 0.1) is 20.3 Å². The molecule has 2 aromatic carbocycles. The van der Waals surface area contributed by atoms with Gasteiger partial charge in [-0.2, -0.15) is 15.0 Å². The van der Waals surface area contributed by atoms with Crippen LogP contribution in [0, 0.1) is 0 Å². The minimum absolute atomic E-state index is 0.265. The summed E-state index contributed by atoms with van der Waals surface area (Å²) in [6, 6.07) is 18.1. The van der Waals surface area contributed by atoms with Crippen molar-refractivity contribution in [2.75, 3.05) is 32.5 Å². The van der Waals surface area contributed by atoms with Crippen LogP contribution >= 0.6 is 0 Å². The summed E-state index contributed by atoms with van der Waals surface area (Å²) in [7, 11) is 1.60. The van der Waals surface area contributed by atoms with Crippen molar-refractivity contribution < 1.29 is 9.47 Å². The number of imidazole rings is 1. The van der Waals surface area contributed by atoms with E-state index in [0.29, 0.717) is 30.3 Å². The first-order valence-electron chi connectivity index (χ1n) is 12.8. The molecule has 1 aliphatic heterocycles. The third kappa shape index (κ3) is 5.28. The predicted molar refractivity (Wildman–Crippen MR) is 142 cm³/mol. The van der Waals surface area contributed by atoms with Crippen molar-refractivity contribution in [3.63, 3.8) is 0 Å². The van der Waals surface area contributed by atoms with Gasteiger partial charge in [-0.3, -0.25) is 9.47 Å². The van der Waals surface area contributed by atoms with E-state index in [1.165, 1.54) is 42.6 Å². The molecule has 0 aliphatic carbocycles. The Labute approximate surface area is 212 Å². The quantitative estimate of drug-likeness (QED) is 0.319. The second-order valence-corrected chi connectivity index (χ2v) is 9.33. The Hall–Kier alpha value is -3.65. The van der Waals surface area contributed by atoms with Crippen LogP contribution in [0.25, 0.3) is 22.3 Å². The Morgan fingerprint density at radius 2 is 1.61 bits per heavy atom. The van der Waals surface area contributed by atoms with Crippen LogP contribution in [0.5, 0.6) is 12.0 Å². The van der Waals surface area contributed by atoms with Gasteiger partial charge in [-0.05, 0) is 66.7 Å². The van der Waals surface area contributed by atoms with Crippen LogP contribution in [0.15, 0.2) is 48.5 Å². The smallest absolute Gasteiger partial charge is 0.320 e. The third-order valence-corrected chi connectivity index (χ3v) is 6.61. The van der Waals surface area contributed by atoms with Crippen molar-refractivity contribution in [3.8, 4) is 23.1 Å². The molecule has 4 aromatic rings. The number of hydrogen-bond donors (Lipinski definition) is 1. The summed E-state index contributed by atoms with van der Waals surface area (Å²) < 4.78 is 13.2. The van der Waals surface area contributed by atoms with Crippen molar-refractivity contribution in [2.45, 2.75) is 45.7 Å². The van der Waals surface area contributed by atoms with E-state index < -0.39 is 0 Å². The molecule has 1 fully saturated rings. The Kier molecular flexibility index (Phi) is 7.32. The predicted octanol–water partition coefficient (Wildman–Crippen LogP) is 4.91. The molecule has 0 bridgehead atoms. The van der Waals surface area contributed by atoms with Gasteiger partial charge in [0.25, 0.3) is 6.01 Å². The Balaban J connectivity index is 1.43. The van der Waals surface area contributed by atoms with Gasteiger partial charge >= 0.3 is 6.01 Å². The lowest BCUT2D eigenvalue weighted by Gasteiger charge is -2.15. The number of rotatable bonds is 10. The van der Waals surface area contributed by atoms with Gasteiger partial charge in [0.1, 0.15) is 0 Å². The van der Waals surface area contributed by atoms with Gasteiger partial charge < -0.3 is 15.2 Å². The average Bonchev–Trinajstić information content (AvgIpc) is 3.53. The number of nitrogen functional groups attached to an aromatic ring is 1. The van der Waals surface area contributed by atoms with Crippen LogP contribution in [0.3, 0.4) is 0 Å². The largest absolute Gasteiger partial charge is 0.468 e. The fraction of sp³-hybridized carbons (Fsp3) is 0.393. The van der Waals surface area contributed by atoms with Gasteiger partial charge in [-0.15, -0.1) is 0 Å². The summed E-state index contributed by atoms with van der Waals surface area (Å²) >= 11 is 0. The lowest BCUT2D eigenvalue weighted by molar-refractivity contribution is 0.286. The van der Waals surface area contributed by atoms with E-state index in [1.54, 1.807) is 7.11 Å². The van der Waals surface area contributed by atoms with Crippen LogP contribution in [0.2, 0.25) is 0 Å². The van der Waals surface area contributed by atoms with Crippen LogP contribution < -0.4 is 15.2 Å². The summed E-state index contributed by atoms with van der Waals surface area (Å²) in [5.41, 5.74) is 12.2. The zero-order valence-corrected chi connectivity index (χ0v) is 21.1. The maximum absolute atomic E-state index is 6.20. The zero-order chi connectivity index (χ0) is 24.9. The van der Waals surface area contributed by atoms with Gasteiger partial charge in [0.15, 0.2) is 17.0 Å². The third-order valence-electron chi connectivity index (χ3n) is 6.61. The highest BCUT2D eigenvalue weighted by molar-refractivity contribution is 5.83. The molecule has 0 spiro atoms. The molecule has 0 amide bonds. The molecule has 188 valence electrons. The van der Waals surface area contributed by atoms with Crippen LogP contribution in [0.4, 0.5) is 5.82 Å².